The third-order valence-electron chi connectivity index (χ3n) is 6.89. The van der Waals surface area contributed by atoms with Gasteiger partial charge in [-0.2, -0.15) is 4.98 Å². The third kappa shape index (κ3) is 6.28. The molecule has 0 aliphatic heterocycles. The van der Waals surface area contributed by atoms with Gasteiger partial charge in [0, 0.05) is 12.0 Å². The Hall–Kier alpha value is -4.72. The van der Waals surface area contributed by atoms with Gasteiger partial charge in [0.1, 0.15) is 17.2 Å². The maximum absolute atomic E-state index is 14.1. The monoisotopic (exact) mass is 564 g/mol. The highest BCUT2D eigenvalue weighted by atomic mass is 16.6. The second-order valence-corrected chi connectivity index (χ2v) is 11.2. The van der Waals surface area contributed by atoms with Crippen LogP contribution in [0, 0.1) is 0 Å². The summed E-state index contributed by atoms with van der Waals surface area (Å²) in [5, 5.41) is 13.4. The van der Waals surface area contributed by atoms with Crippen molar-refractivity contribution in [2.24, 2.45) is 0 Å². The summed E-state index contributed by atoms with van der Waals surface area (Å²) in [6.45, 7) is 10.6. The van der Waals surface area contributed by atoms with Gasteiger partial charge < -0.3 is 9.84 Å². The summed E-state index contributed by atoms with van der Waals surface area (Å²) in [6, 6.07) is 23.5. The summed E-state index contributed by atoms with van der Waals surface area (Å²) in [5.74, 6) is 1.87. The Morgan fingerprint density at radius 1 is 0.881 bits per heavy atom. The molecule has 216 valence electrons. The molecule has 0 aliphatic carbocycles. The molecule has 0 atom stereocenters. The molecule has 0 unspecified atom stereocenters. The van der Waals surface area contributed by atoms with E-state index in [4.69, 9.17) is 14.2 Å². The van der Waals surface area contributed by atoms with Gasteiger partial charge in [-0.3, -0.25) is 13.9 Å². The van der Waals surface area contributed by atoms with Gasteiger partial charge in [-0.15, -0.1) is 0 Å². The Balaban J connectivity index is 1.50. The fraction of sp³-hybridized carbons (Fsp3) is 0.294. The molecule has 3 aromatic carbocycles. The highest BCUT2D eigenvalue weighted by Crippen LogP contribution is 2.31. The minimum absolute atomic E-state index is 0.0406. The third-order valence-corrected chi connectivity index (χ3v) is 6.89. The summed E-state index contributed by atoms with van der Waals surface area (Å²) in [4.78, 5) is 23.1. The van der Waals surface area contributed by atoms with E-state index in [0.717, 1.165) is 51.5 Å². The summed E-state index contributed by atoms with van der Waals surface area (Å²) in [5.41, 5.74) is 5.53. The first-order valence-electron chi connectivity index (χ1n) is 14.3. The van der Waals surface area contributed by atoms with Gasteiger partial charge in [0.2, 0.25) is 5.82 Å². The number of hydrogen-bond donors (Lipinski definition) is 1. The van der Waals surface area contributed by atoms with Gasteiger partial charge in [0.15, 0.2) is 0 Å². The van der Waals surface area contributed by atoms with E-state index < -0.39 is 6.08 Å². The van der Waals surface area contributed by atoms with E-state index in [9.17, 15) is 9.90 Å². The zero-order valence-electron chi connectivity index (χ0n) is 24.7. The van der Waals surface area contributed by atoms with Crippen LogP contribution in [0.3, 0.4) is 0 Å². The summed E-state index contributed by atoms with van der Waals surface area (Å²) in [6.07, 6.45) is 1.79. The summed E-state index contributed by atoms with van der Waals surface area (Å²) < 4.78 is 12.6. The van der Waals surface area contributed by atoms with Gasteiger partial charge in [-0.05, 0) is 68.0 Å². The van der Waals surface area contributed by atoms with Crippen molar-refractivity contribution >= 4 is 0 Å². The van der Waals surface area contributed by atoms with Crippen molar-refractivity contribution in [3.8, 4) is 45.5 Å². The van der Waals surface area contributed by atoms with Crippen molar-refractivity contribution in [1.82, 2.24) is 19.7 Å². The molecule has 0 spiro atoms. The number of aryl methyl sites for hydroxylation is 2. The zero-order valence-corrected chi connectivity index (χ0v) is 24.7. The fourth-order valence-electron chi connectivity index (χ4n) is 5.04. The van der Waals surface area contributed by atoms with Crippen LogP contribution in [-0.2, 0) is 19.4 Å². The highest BCUT2D eigenvalue weighted by molar-refractivity contribution is 5.80. The van der Waals surface area contributed by atoms with Crippen LogP contribution in [-0.4, -0.2) is 30.4 Å². The molecule has 0 aliphatic rings. The van der Waals surface area contributed by atoms with Crippen molar-refractivity contribution in [3.63, 3.8) is 0 Å². The Morgan fingerprint density at radius 3 is 2.14 bits per heavy atom. The normalized spacial score (nSPS) is 11.5. The lowest BCUT2D eigenvalue weighted by Crippen LogP contribution is -2.29. The molecule has 5 rings (SSSR count). The number of aromatic nitrogens is 4. The lowest BCUT2D eigenvalue weighted by atomic mass is 9.98. The molecule has 5 aromatic rings. The van der Waals surface area contributed by atoms with Crippen molar-refractivity contribution < 1.29 is 14.4 Å². The van der Waals surface area contributed by atoms with Crippen LogP contribution in [0.15, 0.2) is 82.1 Å². The van der Waals surface area contributed by atoms with E-state index in [1.165, 1.54) is 0 Å². The first-order valence-corrected chi connectivity index (χ1v) is 14.3. The Kier molecular flexibility index (Phi) is 8.24. The SMILES string of the molecule is CCCc1nc(CC)c(-c2ccc(OC(C)(C)C)cc2)c(=O)n1Cc1ccc(-c2ccccc2-c2noc(O)n2)cc1. The van der Waals surface area contributed by atoms with Crippen molar-refractivity contribution in [2.45, 2.75) is 66.0 Å². The molecule has 0 fully saturated rings. The van der Waals surface area contributed by atoms with Crippen molar-refractivity contribution in [3.05, 3.63) is 100 Å². The summed E-state index contributed by atoms with van der Waals surface area (Å²) in [7, 11) is 0. The molecule has 2 aromatic heterocycles. The lowest BCUT2D eigenvalue weighted by molar-refractivity contribution is 0.131. The van der Waals surface area contributed by atoms with Crippen LogP contribution in [0.4, 0.5) is 0 Å². The van der Waals surface area contributed by atoms with Crippen molar-refractivity contribution in [2.75, 3.05) is 0 Å². The average Bonchev–Trinajstić information content (AvgIpc) is 3.41. The van der Waals surface area contributed by atoms with Gasteiger partial charge in [-0.25, -0.2) is 4.98 Å². The van der Waals surface area contributed by atoms with E-state index in [2.05, 4.69) is 17.1 Å². The molecular weight excluding hydrogens is 528 g/mol. The first-order chi connectivity index (χ1) is 20.2. The molecule has 8 heteroatoms. The second-order valence-electron chi connectivity index (χ2n) is 11.2. The smallest absolute Gasteiger partial charge is 0.415 e. The maximum atomic E-state index is 14.1. The van der Waals surface area contributed by atoms with Crippen LogP contribution in [0.25, 0.3) is 33.6 Å². The van der Waals surface area contributed by atoms with E-state index in [-0.39, 0.29) is 11.2 Å². The molecule has 42 heavy (non-hydrogen) atoms. The molecular formula is C34H36N4O4. The molecule has 0 saturated carbocycles. The van der Waals surface area contributed by atoms with E-state index in [1.54, 1.807) is 0 Å². The number of benzene rings is 3. The maximum Gasteiger partial charge on any atom is 0.415 e. The van der Waals surface area contributed by atoms with Gasteiger partial charge >= 0.3 is 6.08 Å². The largest absolute Gasteiger partial charge is 0.488 e. The van der Waals surface area contributed by atoms with E-state index in [0.29, 0.717) is 30.8 Å². The number of aromatic hydroxyl groups is 1. The number of ether oxygens (including phenoxy) is 1. The predicted molar refractivity (Wildman–Crippen MR) is 164 cm³/mol. The Morgan fingerprint density at radius 2 is 1.55 bits per heavy atom. The van der Waals surface area contributed by atoms with Crippen LogP contribution < -0.4 is 10.3 Å². The second kappa shape index (κ2) is 12.0. The first kappa shape index (κ1) is 28.8. The minimum Gasteiger partial charge on any atom is -0.488 e. The van der Waals surface area contributed by atoms with Crippen LogP contribution in [0.1, 0.15) is 58.1 Å². The van der Waals surface area contributed by atoms with E-state index in [1.807, 2.05) is 105 Å². The van der Waals surface area contributed by atoms with Gasteiger partial charge in [-0.1, -0.05) is 79.7 Å². The molecule has 0 radical (unpaired) electrons. The highest BCUT2D eigenvalue weighted by Gasteiger charge is 2.19. The number of nitrogens with zero attached hydrogens (tertiary/aromatic N) is 4. The van der Waals surface area contributed by atoms with Crippen LogP contribution >= 0.6 is 0 Å². The molecule has 8 nitrogen and oxygen atoms in total. The number of hydrogen-bond acceptors (Lipinski definition) is 7. The fourth-order valence-corrected chi connectivity index (χ4v) is 5.04. The van der Waals surface area contributed by atoms with Gasteiger partial charge in [0.25, 0.3) is 5.56 Å². The standard InChI is InChI=1S/C34H36N4O4/c1-6-10-29-35-28(7-2)30(24-17-19-25(20-18-24)41-34(3,4)5)32(39)38(29)21-22-13-15-23(16-14-22)26-11-8-9-12-27(26)31-36-33(40)42-37-31/h8-9,11-20H,6-7,10,21H2,1-5H3,(H,36,37,40). The van der Waals surface area contributed by atoms with E-state index >= 15 is 0 Å². The molecule has 0 saturated heterocycles. The molecule has 0 bridgehead atoms. The summed E-state index contributed by atoms with van der Waals surface area (Å²) >= 11 is 0. The molecule has 2 heterocycles. The Labute approximate surface area is 245 Å². The van der Waals surface area contributed by atoms with Crippen molar-refractivity contribution in [1.29, 1.82) is 0 Å². The minimum atomic E-state index is -0.472. The lowest BCUT2D eigenvalue weighted by Gasteiger charge is -2.21. The number of rotatable bonds is 9. The van der Waals surface area contributed by atoms with Crippen LogP contribution in [0.5, 0.6) is 11.8 Å². The Bertz CT molecular complexity index is 1730. The molecule has 0 amide bonds. The zero-order chi connectivity index (χ0) is 29.9. The van der Waals surface area contributed by atoms with Crippen LogP contribution in [0.2, 0.25) is 0 Å². The van der Waals surface area contributed by atoms with Gasteiger partial charge in [0.05, 0.1) is 17.8 Å². The molecule has 1 N–H and O–H groups in total. The quantitative estimate of drug-likeness (QED) is 0.204. The predicted octanol–water partition coefficient (Wildman–Crippen LogP) is 7.07. The average molecular weight is 565 g/mol. The topological polar surface area (TPSA) is 103 Å².